The Balaban J connectivity index is 1.37. The first-order chi connectivity index (χ1) is 15.7. The Labute approximate surface area is 195 Å². The molecule has 2 bridgehead atoms. The van der Waals surface area contributed by atoms with Gasteiger partial charge in [0.05, 0.1) is 0 Å². The van der Waals surface area contributed by atoms with E-state index in [1.807, 2.05) is 0 Å². The van der Waals surface area contributed by atoms with Crippen LogP contribution in [0.2, 0.25) is 0 Å². The van der Waals surface area contributed by atoms with Gasteiger partial charge in [-0.2, -0.15) is 0 Å². The summed E-state index contributed by atoms with van der Waals surface area (Å²) < 4.78 is 0. The highest BCUT2D eigenvalue weighted by atomic mass is 14.4. The molecular weight excluding hydrogens is 384 g/mol. The predicted molar refractivity (Wildman–Crippen MR) is 136 cm³/mol. The topological polar surface area (TPSA) is 0 Å². The minimum absolute atomic E-state index is 0.597. The third-order valence-electron chi connectivity index (χ3n) is 9.54. The van der Waals surface area contributed by atoms with Crippen molar-refractivity contribution in [1.82, 2.24) is 0 Å². The minimum atomic E-state index is 0.597. The average molecular weight is 425 g/mol. The van der Waals surface area contributed by atoms with Crippen molar-refractivity contribution >= 4 is 5.57 Å². The third kappa shape index (κ3) is 3.59. The molecule has 0 spiro atoms. The van der Waals surface area contributed by atoms with E-state index < -0.39 is 0 Å². The Morgan fingerprint density at radius 2 is 1.72 bits per heavy atom. The zero-order valence-electron chi connectivity index (χ0n) is 20.2. The largest absolute Gasteiger partial charge is 0.0770 e. The van der Waals surface area contributed by atoms with Crippen molar-refractivity contribution in [3.63, 3.8) is 0 Å². The molecule has 0 heterocycles. The molecule has 2 aromatic rings. The Morgan fingerprint density at radius 3 is 2.50 bits per heavy atom. The molecule has 4 aliphatic carbocycles. The Hall–Kier alpha value is -1.82. The summed E-state index contributed by atoms with van der Waals surface area (Å²) in [6, 6.07) is 14.8. The van der Waals surface area contributed by atoms with Crippen LogP contribution in [-0.4, -0.2) is 0 Å². The fourth-order valence-electron chi connectivity index (χ4n) is 7.96. The van der Waals surface area contributed by atoms with Gasteiger partial charge in [-0.05, 0) is 120 Å². The maximum absolute atomic E-state index is 2.71. The SMILES string of the molecule is CCc1cccc2c1[C@H](c1ccc3c(c1)CC(CC)C=C3C1CC3CCC(C3)C1)CCC2. The molecule has 2 fully saturated rings. The van der Waals surface area contributed by atoms with Crippen LogP contribution in [0.15, 0.2) is 42.5 Å². The lowest BCUT2D eigenvalue weighted by Crippen LogP contribution is -2.21. The molecule has 0 aromatic heterocycles. The highest BCUT2D eigenvalue weighted by molar-refractivity contribution is 5.73. The highest BCUT2D eigenvalue weighted by Gasteiger charge is 2.37. The van der Waals surface area contributed by atoms with Crippen molar-refractivity contribution < 1.29 is 0 Å². The predicted octanol–water partition coefficient (Wildman–Crippen LogP) is 8.51. The molecule has 0 amide bonds. The third-order valence-corrected chi connectivity index (χ3v) is 9.54. The summed E-state index contributed by atoms with van der Waals surface area (Å²) in [5.74, 6) is 4.17. The first-order valence-electron chi connectivity index (χ1n) is 13.7. The molecule has 3 unspecified atom stereocenters. The van der Waals surface area contributed by atoms with Gasteiger partial charge in [0.25, 0.3) is 0 Å². The Morgan fingerprint density at radius 1 is 0.875 bits per heavy atom. The summed E-state index contributed by atoms with van der Waals surface area (Å²) in [7, 11) is 0. The lowest BCUT2D eigenvalue weighted by atomic mass is 9.70. The smallest absolute Gasteiger partial charge is 0.00950 e. The summed E-state index contributed by atoms with van der Waals surface area (Å²) >= 11 is 0. The van der Waals surface area contributed by atoms with Crippen LogP contribution in [0.1, 0.15) is 105 Å². The zero-order valence-corrected chi connectivity index (χ0v) is 20.2. The lowest BCUT2D eigenvalue weighted by molar-refractivity contribution is 0.307. The van der Waals surface area contributed by atoms with Crippen LogP contribution >= 0.6 is 0 Å². The van der Waals surface area contributed by atoms with Crippen LogP contribution < -0.4 is 0 Å². The van der Waals surface area contributed by atoms with Gasteiger partial charge in [-0.15, -0.1) is 0 Å². The second kappa shape index (κ2) is 8.51. The van der Waals surface area contributed by atoms with Crippen molar-refractivity contribution in [2.45, 2.75) is 90.4 Å². The summed E-state index contributed by atoms with van der Waals surface area (Å²) in [5, 5.41) is 0. The van der Waals surface area contributed by atoms with E-state index in [2.05, 4.69) is 56.3 Å². The summed E-state index contributed by atoms with van der Waals surface area (Å²) in [4.78, 5) is 0. The molecular formula is C32H40. The zero-order chi connectivity index (χ0) is 21.7. The highest BCUT2D eigenvalue weighted by Crippen LogP contribution is 2.51. The standard InChI is InChI=1S/C32H40/c1-3-21-16-28-20-26(30-10-6-9-25-8-5-7-24(4-2)32(25)30)13-14-29(28)31(19-21)27-17-22-11-12-23(15-22)18-27/h5,7-8,13-14,19-23,27,30H,3-4,6,9-12,15-18H2,1-2H3/t21?,22?,23?,27?,30-/m0/s1. The van der Waals surface area contributed by atoms with Gasteiger partial charge < -0.3 is 0 Å². The molecule has 6 rings (SSSR count). The van der Waals surface area contributed by atoms with Crippen LogP contribution in [0.5, 0.6) is 0 Å². The number of allylic oxidation sites excluding steroid dienone is 2. The number of aryl methyl sites for hydroxylation is 2. The van der Waals surface area contributed by atoms with Gasteiger partial charge in [-0.3, -0.25) is 0 Å². The lowest BCUT2D eigenvalue weighted by Gasteiger charge is -2.35. The van der Waals surface area contributed by atoms with E-state index >= 15 is 0 Å². The molecule has 0 heteroatoms. The monoisotopic (exact) mass is 424 g/mol. The minimum Gasteiger partial charge on any atom is -0.0770 e. The van der Waals surface area contributed by atoms with Crippen molar-refractivity contribution in [2.24, 2.45) is 23.7 Å². The second-order valence-electron chi connectivity index (χ2n) is 11.4. The average Bonchev–Trinajstić information content (AvgIpc) is 3.19. The van der Waals surface area contributed by atoms with Gasteiger partial charge in [0.2, 0.25) is 0 Å². The van der Waals surface area contributed by atoms with Crippen LogP contribution in [0.4, 0.5) is 0 Å². The van der Waals surface area contributed by atoms with Crippen molar-refractivity contribution in [2.75, 3.05) is 0 Å². The van der Waals surface area contributed by atoms with Crippen LogP contribution in [0.25, 0.3) is 5.57 Å². The van der Waals surface area contributed by atoms with Crippen LogP contribution in [-0.2, 0) is 19.3 Å². The van der Waals surface area contributed by atoms with E-state index in [1.54, 1.807) is 39.0 Å². The normalized spacial score (nSPS) is 31.1. The molecule has 0 N–H and O–H groups in total. The van der Waals surface area contributed by atoms with E-state index in [4.69, 9.17) is 0 Å². The molecule has 0 nitrogen and oxygen atoms in total. The molecule has 32 heavy (non-hydrogen) atoms. The number of fused-ring (bicyclic) bond motifs is 4. The van der Waals surface area contributed by atoms with Crippen LogP contribution in [0.3, 0.4) is 0 Å². The number of hydrogen-bond acceptors (Lipinski definition) is 0. The van der Waals surface area contributed by atoms with E-state index in [-0.39, 0.29) is 0 Å². The van der Waals surface area contributed by atoms with E-state index in [9.17, 15) is 0 Å². The van der Waals surface area contributed by atoms with Gasteiger partial charge in [-0.25, -0.2) is 0 Å². The number of benzene rings is 2. The molecule has 168 valence electrons. The summed E-state index contributed by atoms with van der Waals surface area (Å²) in [6.45, 7) is 4.72. The number of rotatable bonds is 4. The first-order valence-corrected chi connectivity index (χ1v) is 13.7. The van der Waals surface area contributed by atoms with Crippen LogP contribution in [0, 0.1) is 23.7 Å². The fourth-order valence-corrected chi connectivity index (χ4v) is 7.96. The van der Waals surface area contributed by atoms with Gasteiger partial charge >= 0.3 is 0 Å². The van der Waals surface area contributed by atoms with E-state index in [0.717, 1.165) is 30.1 Å². The quantitative estimate of drug-likeness (QED) is 0.461. The molecule has 0 aliphatic heterocycles. The summed E-state index contributed by atoms with van der Waals surface area (Å²) in [6.07, 6.45) is 17.7. The van der Waals surface area contributed by atoms with E-state index in [0.29, 0.717) is 5.92 Å². The molecule has 2 aromatic carbocycles. The second-order valence-corrected chi connectivity index (χ2v) is 11.4. The fraction of sp³-hybridized carbons (Fsp3) is 0.562. The van der Waals surface area contributed by atoms with Gasteiger partial charge in [0.15, 0.2) is 0 Å². The molecule has 4 aliphatic rings. The van der Waals surface area contributed by atoms with Crippen molar-refractivity contribution in [3.8, 4) is 0 Å². The Bertz CT molecular complexity index is 998. The molecule has 0 radical (unpaired) electrons. The molecule has 2 saturated carbocycles. The molecule has 0 saturated heterocycles. The van der Waals surface area contributed by atoms with Crippen molar-refractivity contribution in [1.29, 1.82) is 0 Å². The van der Waals surface area contributed by atoms with Gasteiger partial charge in [-0.1, -0.05) is 69.2 Å². The van der Waals surface area contributed by atoms with Crippen molar-refractivity contribution in [3.05, 3.63) is 75.9 Å². The first kappa shape index (κ1) is 20.8. The maximum atomic E-state index is 2.71. The Kier molecular flexibility index (Phi) is 5.52. The van der Waals surface area contributed by atoms with Gasteiger partial charge in [0, 0.05) is 5.92 Å². The maximum Gasteiger partial charge on any atom is 0.00950 e. The van der Waals surface area contributed by atoms with Gasteiger partial charge in [0.1, 0.15) is 0 Å². The summed E-state index contributed by atoms with van der Waals surface area (Å²) in [5.41, 5.74) is 11.5. The number of hydrogen-bond donors (Lipinski definition) is 0. The van der Waals surface area contributed by atoms with E-state index in [1.165, 1.54) is 64.2 Å². The molecule has 4 atom stereocenters.